The van der Waals surface area contributed by atoms with Crippen LogP contribution in [-0.2, 0) is 0 Å². The van der Waals surface area contributed by atoms with Crippen molar-refractivity contribution in [1.82, 2.24) is 0 Å². The summed E-state index contributed by atoms with van der Waals surface area (Å²) in [5.41, 5.74) is 5.80. The minimum Gasteiger partial charge on any atom is -0.170 e. The molecule has 0 aliphatic heterocycles. The zero-order valence-corrected chi connectivity index (χ0v) is 15.6. The first-order valence-corrected chi connectivity index (χ1v) is 10.4. The van der Waals surface area contributed by atoms with E-state index >= 15 is 0 Å². The summed E-state index contributed by atoms with van der Waals surface area (Å²) in [5.74, 6) is 0. The van der Waals surface area contributed by atoms with Gasteiger partial charge >= 0.3 is 0 Å². The summed E-state index contributed by atoms with van der Waals surface area (Å²) in [6.45, 7) is 9.77. The van der Waals surface area contributed by atoms with Gasteiger partial charge in [-0.15, -0.1) is 0 Å². The summed E-state index contributed by atoms with van der Waals surface area (Å²) < 4.78 is 0. The maximum atomic E-state index is 6.30. The molecular weight excluding hydrogens is 316 g/mol. The Kier molecular flexibility index (Phi) is 6.39. The average molecular weight is 337 g/mol. The number of hydrogen-bond acceptors (Lipinski definition) is 0. The van der Waals surface area contributed by atoms with Gasteiger partial charge in [0.1, 0.15) is 0 Å². The van der Waals surface area contributed by atoms with Crippen molar-refractivity contribution in [2.45, 2.75) is 6.92 Å². The van der Waals surface area contributed by atoms with Crippen LogP contribution in [0.3, 0.4) is 0 Å². The molecular formula is C21H21ClSi. The van der Waals surface area contributed by atoms with Gasteiger partial charge in [-0.05, 0) is 46.5 Å². The first kappa shape index (κ1) is 17.3. The lowest BCUT2D eigenvalue weighted by Gasteiger charge is -2.06. The average Bonchev–Trinajstić information content (AvgIpc) is 2.59. The van der Waals surface area contributed by atoms with Crippen LogP contribution in [0.5, 0.6) is 0 Å². The highest BCUT2D eigenvalue weighted by molar-refractivity contribution is 6.98. The van der Waals surface area contributed by atoms with E-state index in [2.05, 4.69) is 56.5 Å². The molecule has 0 aromatic heterocycles. The van der Waals surface area contributed by atoms with Crippen molar-refractivity contribution < 1.29 is 0 Å². The highest BCUT2D eigenvalue weighted by Gasteiger charge is 2.02. The molecule has 0 fully saturated rings. The maximum Gasteiger partial charge on any atom is 0.156 e. The van der Waals surface area contributed by atoms with Gasteiger partial charge in [-0.3, -0.25) is 0 Å². The van der Waals surface area contributed by atoms with Gasteiger partial charge in [0.25, 0.3) is 0 Å². The third-order valence-corrected chi connectivity index (χ3v) is 5.58. The fourth-order valence-electron chi connectivity index (χ4n) is 2.35. The van der Waals surface area contributed by atoms with E-state index < -0.39 is 8.83 Å². The van der Waals surface area contributed by atoms with Gasteiger partial charge in [-0.1, -0.05) is 79.4 Å². The first-order valence-electron chi connectivity index (χ1n) is 7.56. The Bertz CT molecular complexity index is 769. The molecule has 0 atom stereocenters. The molecule has 0 nitrogen and oxygen atoms in total. The predicted octanol–water partition coefficient (Wildman–Crippen LogP) is 5.74. The van der Waals surface area contributed by atoms with Crippen molar-refractivity contribution in [1.29, 1.82) is 0 Å². The van der Waals surface area contributed by atoms with Gasteiger partial charge in [-0.25, -0.2) is 0 Å². The number of halogens is 1. The maximum absolute atomic E-state index is 6.30. The van der Waals surface area contributed by atoms with Gasteiger partial charge in [0.15, 0.2) is 8.83 Å². The van der Waals surface area contributed by atoms with Crippen molar-refractivity contribution in [3.63, 3.8) is 0 Å². The zero-order valence-electron chi connectivity index (χ0n) is 13.4. The standard InChI is InChI=1S/C21H21ClSi/c1-4-17-8-6-10-19(13-17)12-16(3)21(23-22)15-20-11-7-9-18(5-2)14-20/h4-15H,1-2,23H2,3H3. The normalized spacial score (nSPS) is 12.6. The van der Waals surface area contributed by atoms with Gasteiger partial charge in [0, 0.05) is 0 Å². The van der Waals surface area contributed by atoms with E-state index in [0.29, 0.717) is 0 Å². The van der Waals surface area contributed by atoms with E-state index in [-0.39, 0.29) is 0 Å². The topological polar surface area (TPSA) is 0 Å². The molecule has 2 heteroatoms. The van der Waals surface area contributed by atoms with E-state index in [4.69, 9.17) is 11.1 Å². The third kappa shape index (κ3) is 4.95. The van der Waals surface area contributed by atoms with Crippen LogP contribution in [0.4, 0.5) is 0 Å². The molecule has 0 aliphatic carbocycles. The van der Waals surface area contributed by atoms with Gasteiger partial charge in [-0.2, -0.15) is 11.1 Å². The highest BCUT2D eigenvalue weighted by Crippen LogP contribution is 2.19. The smallest absolute Gasteiger partial charge is 0.156 e. The minimum absolute atomic E-state index is 0.794. The lowest BCUT2D eigenvalue weighted by Crippen LogP contribution is -1.92. The number of rotatable bonds is 6. The van der Waals surface area contributed by atoms with Crippen LogP contribution < -0.4 is 0 Å². The van der Waals surface area contributed by atoms with Crippen molar-refractivity contribution in [3.8, 4) is 0 Å². The second-order valence-corrected chi connectivity index (χ2v) is 7.21. The first-order chi connectivity index (χ1) is 11.2. The Balaban J connectivity index is 2.34. The van der Waals surface area contributed by atoms with Crippen LogP contribution in [0.1, 0.15) is 29.2 Å². The van der Waals surface area contributed by atoms with Gasteiger partial charge in [0.2, 0.25) is 0 Å². The Hall–Kier alpha value is -2.09. The van der Waals surface area contributed by atoms with Gasteiger partial charge < -0.3 is 0 Å². The molecule has 0 spiro atoms. The molecule has 2 aromatic carbocycles. The molecule has 0 bridgehead atoms. The molecule has 0 heterocycles. The quantitative estimate of drug-likeness (QED) is 0.358. The fourth-order valence-corrected chi connectivity index (χ4v) is 3.84. The Morgan fingerprint density at radius 3 is 1.83 bits per heavy atom. The summed E-state index contributed by atoms with van der Waals surface area (Å²) >= 11 is 6.30. The van der Waals surface area contributed by atoms with Crippen LogP contribution in [0.25, 0.3) is 24.3 Å². The number of benzene rings is 2. The van der Waals surface area contributed by atoms with Crippen LogP contribution in [0.2, 0.25) is 0 Å². The van der Waals surface area contributed by atoms with Crippen LogP contribution >= 0.6 is 11.1 Å². The molecule has 0 saturated heterocycles. The van der Waals surface area contributed by atoms with Crippen LogP contribution in [-0.4, -0.2) is 8.83 Å². The third-order valence-electron chi connectivity index (χ3n) is 3.67. The van der Waals surface area contributed by atoms with E-state index in [1.807, 2.05) is 36.4 Å². The Morgan fingerprint density at radius 2 is 1.35 bits per heavy atom. The predicted molar refractivity (Wildman–Crippen MR) is 109 cm³/mol. The highest BCUT2D eigenvalue weighted by atomic mass is 35.6. The number of hydrogen-bond donors (Lipinski definition) is 0. The van der Waals surface area contributed by atoms with E-state index in [1.165, 1.54) is 16.3 Å². The summed E-state index contributed by atoms with van der Waals surface area (Å²) in [6, 6.07) is 16.6. The lowest BCUT2D eigenvalue weighted by molar-refractivity contribution is 1.51. The number of allylic oxidation sites excluding steroid dienone is 2. The largest absolute Gasteiger partial charge is 0.170 e. The molecule has 0 aliphatic rings. The molecule has 0 radical (unpaired) electrons. The van der Waals surface area contributed by atoms with E-state index in [9.17, 15) is 0 Å². The van der Waals surface area contributed by atoms with E-state index in [0.717, 1.165) is 16.7 Å². The van der Waals surface area contributed by atoms with E-state index in [1.54, 1.807) is 0 Å². The molecule has 2 rings (SSSR count). The van der Waals surface area contributed by atoms with Crippen LogP contribution in [0, 0.1) is 0 Å². The molecule has 0 amide bonds. The molecule has 0 saturated carbocycles. The fraction of sp³-hybridized carbons (Fsp3) is 0.0476. The Morgan fingerprint density at radius 1 is 0.870 bits per heavy atom. The molecule has 23 heavy (non-hydrogen) atoms. The van der Waals surface area contributed by atoms with Crippen LogP contribution in [0.15, 0.2) is 72.5 Å². The molecule has 0 unspecified atom stereocenters. The van der Waals surface area contributed by atoms with Crippen molar-refractivity contribution in [2.24, 2.45) is 0 Å². The summed E-state index contributed by atoms with van der Waals surface area (Å²) in [5, 5.41) is 1.25. The van der Waals surface area contributed by atoms with Gasteiger partial charge in [0.05, 0.1) is 0 Å². The molecule has 0 N–H and O–H groups in total. The monoisotopic (exact) mass is 336 g/mol. The SMILES string of the molecule is C=Cc1cccc(C=C(C)C(=Cc2cccc(C=C)c2)[SiH2]Cl)c1. The summed E-state index contributed by atoms with van der Waals surface area (Å²) in [4.78, 5) is 0. The van der Waals surface area contributed by atoms with Crippen molar-refractivity contribution >= 4 is 44.2 Å². The molecule has 116 valence electrons. The second kappa shape index (κ2) is 8.52. The lowest BCUT2D eigenvalue weighted by atomic mass is 10.1. The van der Waals surface area contributed by atoms with Crippen molar-refractivity contribution in [2.75, 3.05) is 0 Å². The summed E-state index contributed by atoms with van der Waals surface area (Å²) in [7, 11) is -0.794. The Labute approximate surface area is 146 Å². The van der Waals surface area contributed by atoms with Crippen molar-refractivity contribution in [3.05, 3.63) is 94.7 Å². The molecule has 2 aromatic rings. The summed E-state index contributed by atoms with van der Waals surface area (Å²) in [6.07, 6.45) is 8.10. The second-order valence-electron chi connectivity index (χ2n) is 5.38. The minimum atomic E-state index is -0.794. The zero-order chi connectivity index (χ0) is 16.7.